The zero-order valence-electron chi connectivity index (χ0n) is 7.14. The van der Waals surface area contributed by atoms with Gasteiger partial charge in [0, 0.05) is 11.8 Å². The number of halogens is 1. The topological polar surface area (TPSA) is 51.6 Å². The summed E-state index contributed by atoms with van der Waals surface area (Å²) in [5.74, 6) is 0. The van der Waals surface area contributed by atoms with Crippen LogP contribution in [0.1, 0.15) is 5.56 Å². The molecule has 0 radical (unpaired) electrons. The Hall–Kier alpha value is -1.08. The van der Waals surface area contributed by atoms with Gasteiger partial charge in [0.15, 0.2) is 4.34 Å². The Morgan fingerprint density at radius 1 is 1.43 bits per heavy atom. The van der Waals surface area contributed by atoms with E-state index in [1.807, 2.05) is 6.92 Å². The van der Waals surface area contributed by atoms with Crippen molar-refractivity contribution in [1.29, 1.82) is 0 Å². The molecule has 0 amide bonds. The van der Waals surface area contributed by atoms with E-state index >= 15 is 0 Å². The average molecular weight is 228 g/mol. The Labute approximate surface area is 87.8 Å². The lowest BCUT2D eigenvalue weighted by molar-refractivity contribution is 0.525. The van der Waals surface area contributed by atoms with Crippen molar-refractivity contribution in [2.45, 2.75) is 16.3 Å². The van der Waals surface area contributed by atoms with E-state index in [1.54, 1.807) is 0 Å². The van der Waals surface area contributed by atoms with Gasteiger partial charge in [-0.15, -0.1) is 0 Å². The van der Waals surface area contributed by atoms with Gasteiger partial charge in [0.25, 0.3) is 0 Å². The minimum atomic E-state index is -0.720. The van der Waals surface area contributed by atoms with Crippen molar-refractivity contribution in [2.75, 3.05) is 0 Å². The lowest BCUT2D eigenvalue weighted by Crippen LogP contribution is -1.93. The highest BCUT2D eigenvalue weighted by Crippen LogP contribution is 2.28. The molecule has 2 heterocycles. The third kappa shape index (κ3) is 2.05. The van der Waals surface area contributed by atoms with Crippen molar-refractivity contribution in [3.63, 3.8) is 0 Å². The summed E-state index contributed by atoms with van der Waals surface area (Å²) in [5.41, 5.74) is 0.826. The van der Waals surface area contributed by atoms with Gasteiger partial charge in [-0.25, -0.2) is 9.97 Å². The summed E-state index contributed by atoms with van der Waals surface area (Å²) >= 11 is 2.54. The third-order valence-electron chi connectivity index (χ3n) is 1.42. The molecule has 14 heavy (non-hydrogen) atoms. The largest absolute Gasteiger partial charge is 0.309 e. The normalized spacial score (nSPS) is 10.4. The van der Waals surface area contributed by atoms with Gasteiger partial charge in [-0.2, -0.15) is 13.7 Å². The van der Waals surface area contributed by atoms with Crippen molar-refractivity contribution in [3.05, 3.63) is 24.2 Å². The third-order valence-corrected chi connectivity index (χ3v) is 3.24. The van der Waals surface area contributed by atoms with E-state index in [4.69, 9.17) is 0 Å². The highest BCUT2D eigenvalue weighted by molar-refractivity contribution is 8.00. The second-order valence-electron chi connectivity index (χ2n) is 2.44. The van der Waals surface area contributed by atoms with Crippen molar-refractivity contribution in [1.82, 2.24) is 19.3 Å². The van der Waals surface area contributed by atoms with E-state index in [1.165, 1.54) is 35.8 Å². The lowest BCUT2D eigenvalue weighted by atomic mass is 10.4. The first-order chi connectivity index (χ1) is 6.75. The Kier molecular flexibility index (Phi) is 2.69. The van der Waals surface area contributed by atoms with E-state index in [0.29, 0.717) is 5.03 Å². The molecule has 0 aromatic carbocycles. The number of hydrogen-bond donors (Lipinski definition) is 0. The van der Waals surface area contributed by atoms with Crippen molar-refractivity contribution >= 4 is 23.3 Å². The monoisotopic (exact) mass is 228 g/mol. The maximum Gasteiger partial charge on any atom is 0.309 e. The molecule has 4 nitrogen and oxygen atoms in total. The van der Waals surface area contributed by atoms with Gasteiger partial charge in [-0.05, 0) is 30.2 Å². The van der Waals surface area contributed by atoms with Crippen LogP contribution in [0.2, 0.25) is 0 Å². The predicted molar refractivity (Wildman–Crippen MR) is 50.8 cm³/mol. The van der Waals surface area contributed by atoms with Gasteiger partial charge >= 0.3 is 6.08 Å². The maximum absolute atomic E-state index is 12.7. The number of aromatic nitrogens is 4. The van der Waals surface area contributed by atoms with Crippen molar-refractivity contribution < 1.29 is 4.39 Å². The van der Waals surface area contributed by atoms with E-state index in [9.17, 15) is 4.39 Å². The Balaban J connectivity index is 2.28. The van der Waals surface area contributed by atoms with Crippen molar-refractivity contribution in [3.8, 4) is 0 Å². The van der Waals surface area contributed by atoms with Crippen molar-refractivity contribution in [2.24, 2.45) is 0 Å². The highest BCUT2D eigenvalue weighted by Gasteiger charge is 2.07. The molecule has 0 spiro atoms. The van der Waals surface area contributed by atoms with Gasteiger partial charge < -0.3 is 0 Å². The first-order valence-corrected chi connectivity index (χ1v) is 5.28. The molecule has 0 saturated heterocycles. The number of nitrogens with zero attached hydrogens (tertiary/aromatic N) is 4. The quantitative estimate of drug-likeness (QED) is 0.580. The number of rotatable bonds is 2. The molecular formula is C7H5FN4S2. The van der Waals surface area contributed by atoms with E-state index in [2.05, 4.69) is 19.3 Å². The SMILES string of the molecule is Cc1cnc(F)nc1Sc1ncns1. The fourth-order valence-electron chi connectivity index (χ4n) is 0.800. The fourth-order valence-corrected chi connectivity index (χ4v) is 2.19. The summed E-state index contributed by atoms with van der Waals surface area (Å²) in [6.07, 6.45) is 2.19. The van der Waals surface area contributed by atoms with E-state index in [0.717, 1.165) is 9.90 Å². The molecule has 0 aliphatic heterocycles. The van der Waals surface area contributed by atoms with Crippen LogP contribution in [0.3, 0.4) is 0 Å². The molecule has 0 aliphatic rings. The van der Waals surface area contributed by atoms with E-state index in [-0.39, 0.29) is 0 Å². The van der Waals surface area contributed by atoms with Crippen LogP contribution in [0.15, 0.2) is 21.9 Å². The molecule has 0 atom stereocenters. The van der Waals surface area contributed by atoms with Gasteiger partial charge in [-0.1, -0.05) is 0 Å². The molecule has 72 valence electrons. The molecule has 0 bridgehead atoms. The summed E-state index contributed by atoms with van der Waals surface area (Å²) in [6.45, 7) is 1.82. The summed E-state index contributed by atoms with van der Waals surface area (Å²) in [6, 6.07) is 0. The molecule has 2 aromatic rings. The molecule has 0 fully saturated rings. The Morgan fingerprint density at radius 3 is 3.00 bits per heavy atom. The summed E-state index contributed by atoms with van der Waals surface area (Å²) in [4.78, 5) is 11.1. The standard InChI is InChI=1S/C7H5FN4S2/c1-4-2-9-6(8)12-5(4)13-7-10-3-11-14-7/h2-3H,1H3. The van der Waals surface area contributed by atoms with Crippen LogP contribution in [-0.2, 0) is 0 Å². The molecule has 0 saturated carbocycles. The fraction of sp³-hybridized carbons (Fsp3) is 0.143. The minimum Gasteiger partial charge on any atom is -0.216 e. The Morgan fingerprint density at radius 2 is 2.29 bits per heavy atom. The van der Waals surface area contributed by atoms with Gasteiger partial charge in [0.05, 0.1) is 0 Å². The van der Waals surface area contributed by atoms with Crippen LogP contribution in [0.25, 0.3) is 0 Å². The van der Waals surface area contributed by atoms with Crippen LogP contribution >= 0.6 is 23.3 Å². The molecule has 0 aliphatic carbocycles. The van der Waals surface area contributed by atoms with Crippen LogP contribution in [0.4, 0.5) is 4.39 Å². The zero-order chi connectivity index (χ0) is 9.97. The van der Waals surface area contributed by atoms with Crippen LogP contribution in [0.5, 0.6) is 0 Å². The predicted octanol–water partition coefficient (Wildman–Crippen LogP) is 1.93. The van der Waals surface area contributed by atoms with E-state index < -0.39 is 6.08 Å². The first-order valence-electron chi connectivity index (χ1n) is 3.69. The zero-order valence-corrected chi connectivity index (χ0v) is 8.77. The summed E-state index contributed by atoms with van der Waals surface area (Å²) in [7, 11) is 0. The molecule has 2 rings (SSSR count). The first kappa shape index (κ1) is 9.47. The van der Waals surface area contributed by atoms with Crippen LogP contribution in [0, 0.1) is 13.0 Å². The van der Waals surface area contributed by atoms with Gasteiger partial charge in [0.2, 0.25) is 0 Å². The van der Waals surface area contributed by atoms with Crippen LogP contribution in [-0.4, -0.2) is 19.3 Å². The molecule has 7 heteroatoms. The van der Waals surface area contributed by atoms with Crippen LogP contribution < -0.4 is 0 Å². The van der Waals surface area contributed by atoms with Gasteiger partial charge in [0.1, 0.15) is 11.4 Å². The number of aryl methyl sites for hydroxylation is 1. The number of hydrogen-bond acceptors (Lipinski definition) is 6. The van der Waals surface area contributed by atoms with Gasteiger partial charge in [-0.3, -0.25) is 0 Å². The lowest BCUT2D eigenvalue weighted by Gasteiger charge is -1.99. The molecule has 0 unspecified atom stereocenters. The highest BCUT2D eigenvalue weighted by atomic mass is 32.2. The average Bonchev–Trinajstić information content (AvgIpc) is 2.64. The maximum atomic E-state index is 12.7. The second-order valence-corrected chi connectivity index (χ2v) is 4.45. The molecule has 0 N–H and O–H groups in total. The molecule has 2 aromatic heterocycles. The second kappa shape index (κ2) is 3.97. The summed E-state index contributed by atoms with van der Waals surface area (Å²) in [5, 5.41) is 0.578. The molecular weight excluding hydrogens is 223 g/mol. The Bertz CT molecular complexity index is 431. The minimum absolute atomic E-state index is 0.578. The summed E-state index contributed by atoms with van der Waals surface area (Å²) < 4.78 is 17.3. The smallest absolute Gasteiger partial charge is 0.216 e.